The molecule has 1 aromatic carbocycles. The molecule has 0 amide bonds. The van der Waals surface area contributed by atoms with Crippen molar-refractivity contribution in [2.45, 2.75) is 26.7 Å². The number of carbonyl (C=O) groups excluding carboxylic acids is 1. The second-order valence-electron chi connectivity index (χ2n) is 7.66. The van der Waals surface area contributed by atoms with Crippen molar-refractivity contribution in [3.8, 4) is 11.3 Å². The molecular formula is C21H25N3O4. The van der Waals surface area contributed by atoms with Crippen LogP contribution in [0.25, 0.3) is 11.3 Å². The molecule has 1 saturated heterocycles. The van der Waals surface area contributed by atoms with Gasteiger partial charge in [-0.3, -0.25) is 14.9 Å². The Morgan fingerprint density at radius 3 is 2.61 bits per heavy atom. The van der Waals surface area contributed by atoms with E-state index in [0.29, 0.717) is 23.6 Å². The molecule has 28 heavy (non-hydrogen) atoms. The Morgan fingerprint density at radius 1 is 1.25 bits per heavy atom. The van der Waals surface area contributed by atoms with Gasteiger partial charge < -0.3 is 9.64 Å². The largest absolute Gasteiger partial charge is 0.469 e. The minimum Gasteiger partial charge on any atom is -0.469 e. The van der Waals surface area contributed by atoms with Crippen LogP contribution >= 0.6 is 0 Å². The molecule has 1 unspecified atom stereocenters. The van der Waals surface area contributed by atoms with E-state index >= 15 is 0 Å². The number of hydrogen-bond acceptors (Lipinski definition) is 6. The maximum absolute atomic E-state index is 12.2. The number of methoxy groups -OCH3 is 1. The summed E-state index contributed by atoms with van der Waals surface area (Å²) < 4.78 is 4.98. The lowest BCUT2D eigenvalue weighted by molar-refractivity contribution is -0.384. The number of anilines is 1. The van der Waals surface area contributed by atoms with Crippen molar-refractivity contribution in [3.05, 3.63) is 52.6 Å². The lowest BCUT2D eigenvalue weighted by Crippen LogP contribution is -2.45. The number of esters is 1. The molecule has 2 aromatic rings. The molecule has 3 rings (SSSR count). The summed E-state index contributed by atoms with van der Waals surface area (Å²) in [6.07, 6.45) is 1.85. The smallest absolute Gasteiger partial charge is 0.311 e. The molecule has 1 aliphatic rings. The highest BCUT2D eigenvalue weighted by Gasteiger charge is 2.40. The molecule has 2 heterocycles. The summed E-state index contributed by atoms with van der Waals surface area (Å²) in [5.41, 5.74) is 0.451. The zero-order valence-corrected chi connectivity index (χ0v) is 16.4. The molecule has 0 bridgehead atoms. The van der Waals surface area contributed by atoms with Gasteiger partial charge in [-0.05, 0) is 38.7 Å². The molecule has 0 saturated carbocycles. The van der Waals surface area contributed by atoms with Gasteiger partial charge in [0, 0.05) is 24.7 Å². The van der Waals surface area contributed by atoms with E-state index in [2.05, 4.69) is 9.88 Å². The van der Waals surface area contributed by atoms with Crippen LogP contribution in [0.5, 0.6) is 0 Å². The number of rotatable bonds is 5. The topological polar surface area (TPSA) is 85.6 Å². The SMILES string of the molecule is COC(=O)C(C)(C)C1CCCN(c2ccc([N+](=O)[O-])c(-c3ccccc3)n2)C1. The molecular weight excluding hydrogens is 358 g/mol. The zero-order valence-electron chi connectivity index (χ0n) is 16.4. The Balaban J connectivity index is 1.93. The number of ether oxygens (including phenoxy) is 1. The van der Waals surface area contributed by atoms with Gasteiger partial charge in [-0.25, -0.2) is 4.98 Å². The van der Waals surface area contributed by atoms with Crippen molar-refractivity contribution < 1.29 is 14.5 Å². The number of pyridine rings is 1. The van der Waals surface area contributed by atoms with Crippen LogP contribution < -0.4 is 4.90 Å². The molecule has 7 heteroatoms. The second-order valence-corrected chi connectivity index (χ2v) is 7.66. The van der Waals surface area contributed by atoms with Crippen molar-refractivity contribution >= 4 is 17.5 Å². The predicted octanol–water partition coefficient (Wildman–Crippen LogP) is 4.07. The van der Waals surface area contributed by atoms with Crippen molar-refractivity contribution in [2.24, 2.45) is 11.3 Å². The van der Waals surface area contributed by atoms with Crippen LogP contribution in [-0.2, 0) is 9.53 Å². The highest BCUT2D eigenvalue weighted by atomic mass is 16.6. The zero-order chi connectivity index (χ0) is 20.3. The first-order chi connectivity index (χ1) is 13.3. The molecule has 0 N–H and O–H groups in total. The number of aromatic nitrogens is 1. The van der Waals surface area contributed by atoms with E-state index in [1.54, 1.807) is 6.07 Å². The molecule has 7 nitrogen and oxygen atoms in total. The third-order valence-electron chi connectivity index (χ3n) is 5.58. The normalized spacial score (nSPS) is 17.2. The van der Waals surface area contributed by atoms with E-state index in [0.717, 1.165) is 19.4 Å². The summed E-state index contributed by atoms with van der Waals surface area (Å²) in [6.45, 7) is 5.27. The summed E-state index contributed by atoms with van der Waals surface area (Å²) in [4.78, 5) is 30.0. The van der Waals surface area contributed by atoms with Crippen LogP contribution in [0.15, 0.2) is 42.5 Å². The summed E-state index contributed by atoms with van der Waals surface area (Å²) in [6, 6.07) is 12.4. The summed E-state index contributed by atoms with van der Waals surface area (Å²) >= 11 is 0. The second kappa shape index (κ2) is 7.96. The average molecular weight is 383 g/mol. The van der Waals surface area contributed by atoms with Gasteiger partial charge in [0.2, 0.25) is 0 Å². The van der Waals surface area contributed by atoms with E-state index in [1.165, 1.54) is 13.2 Å². The van der Waals surface area contributed by atoms with E-state index in [4.69, 9.17) is 4.74 Å². The van der Waals surface area contributed by atoms with E-state index in [-0.39, 0.29) is 17.6 Å². The minimum atomic E-state index is -0.601. The van der Waals surface area contributed by atoms with Crippen molar-refractivity contribution in [1.82, 2.24) is 4.98 Å². The van der Waals surface area contributed by atoms with Gasteiger partial charge in [0.25, 0.3) is 5.69 Å². The first kappa shape index (κ1) is 19.8. The number of hydrogen-bond donors (Lipinski definition) is 0. The number of piperidine rings is 1. The fraction of sp³-hybridized carbons (Fsp3) is 0.429. The average Bonchev–Trinajstić information content (AvgIpc) is 2.73. The fourth-order valence-electron chi connectivity index (χ4n) is 3.78. The Hall–Kier alpha value is -2.96. The van der Waals surface area contributed by atoms with Crippen LogP contribution in [0.2, 0.25) is 0 Å². The maximum atomic E-state index is 12.2. The maximum Gasteiger partial charge on any atom is 0.311 e. The highest BCUT2D eigenvalue weighted by molar-refractivity contribution is 5.76. The van der Waals surface area contributed by atoms with Crippen molar-refractivity contribution in [3.63, 3.8) is 0 Å². The van der Waals surface area contributed by atoms with Crippen LogP contribution in [0.3, 0.4) is 0 Å². The van der Waals surface area contributed by atoms with Gasteiger partial charge in [0.15, 0.2) is 5.69 Å². The minimum absolute atomic E-state index is 0.0154. The van der Waals surface area contributed by atoms with Crippen LogP contribution in [-0.4, -0.2) is 36.1 Å². The van der Waals surface area contributed by atoms with Gasteiger partial charge in [-0.15, -0.1) is 0 Å². The summed E-state index contributed by atoms with van der Waals surface area (Å²) in [5, 5.41) is 11.5. The first-order valence-electron chi connectivity index (χ1n) is 9.39. The van der Waals surface area contributed by atoms with Crippen LogP contribution in [0.4, 0.5) is 11.5 Å². The summed E-state index contributed by atoms with van der Waals surface area (Å²) in [5.74, 6) is 0.585. The van der Waals surface area contributed by atoms with E-state index < -0.39 is 10.3 Å². The number of nitrogens with zero attached hydrogens (tertiary/aromatic N) is 3. The molecule has 1 aromatic heterocycles. The summed E-state index contributed by atoms with van der Waals surface area (Å²) in [7, 11) is 1.41. The third-order valence-corrected chi connectivity index (χ3v) is 5.58. The van der Waals surface area contributed by atoms with Crippen LogP contribution in [0.1, 0.15) is 26.7 Å². The Labute approximate surface area is 164 Å². The van der Waals surface area contributed by atoms with Gasteiger partial charge in [0.1, 0.15) is 5.82 Å². The monoisotopic (exact) mass is 383 g/mol. The lowest BCUT2D eigenvalue weighted by Gasteiger charge is -2.40. The fourth-order valence-corrected chi connectivity index (χ4v) is 3.78. The van der Waals surface area contributed by atoms with Crippen LogP contribution in [0, 0.1) is 21.4 Å². The van der Waals surface area contributed by atoms with Crippen molar-refractivity contribution in [2.75, 3.05) is 25.1 Å². The Bertz CT molecular complexity index is 867. The molecule has 1 atom stereocenters. The standard InChI is InChI=1S/C21H25N3O4/c1-21(2,20(25)28-3)16-10-7-13-23(14-16)18-12-11-17(24(26)27)19(22-18)15-8-5-4-6-9-15/h4-6,8-9,11-12,16H,7,10,13-14H2,1-3H3. The van der Waals surface area contributed by atoms with Gasteiger partial charge in [-0.2, -0.15) is 0 Å². The van der Waals surface area contributed by atoms with E-state index in [1.807, 2.05) is 44.2 Å². The molecule has 0 spiro atoms. The Morgan fingerprint density at radius 2 is 1.96 bits per heavy atom. The highest BCUT2D eigenvalue weighted by Crippen LogP contribution is 2.37. The number of nitro groups is 1. The molecule has 148 valence electrons. The molecule has 0 radical (unpaired) electrons. The van der Waals surface area contributed by atoms with E-state index in [9.17, 15) is 14.9 Å². The van der Waals surface area contributed by atoms with Gasteiger partial charge in [0.05, 0.1) is 17.4 Å². The molecule has 0 aliphatic carbocycles. The molecule has 1 aliphatic heterocycles. The van der Waals surface area contributed by atoms with Gasteiger partial charge >= 0.3 is 5.97 Å². The predicted molar refractivity (Wildman–Crippen MR) is 107 cm³/mol. The quantitative estimate of drug-likeness (QED) is 0.439. The first-order valence-corrected chi connectivity index (χ1v) is 9.39. The third kappa shape index (κ3) is 3.83. The number of benzene rings is 1. The van der Waals surface area contributed by atoms with Gasteiger partial charge in [-0.1, -0.05) is 30.3 Å². The van der Waals surface area contributed by atoms with Crippen molar-refractivity contribution in [1.29, 1.82) is 0 Å². The molecule has 1 fully saturated rings. The number of carbonyl (C=O) groups is 1. The Kier molecular flexibility index (Phi) is 5.63. The lowest BCUT2D eigenvalue weighted by atomic mass is 9.74.